The molecule has 26 heavy (non-hydrogen) atoms. The maximum Gasteiger partial charge on any atom is 0.356 e. The SMILES string of the molecule is Cc1cc(=O)oc2c(C)c(OC(=O)[C@@H]3COc4ccccc4O3)ccc12. The van der Waals surface area contributed by atoms with Crippen LogP contribution in [0.2, 0.25) is 0 Å². The summed E-state index contributed by atoms with van der Waals surface area (Å²) in [6.07, 6.45) is -0.871. The van der Waals surface area contributed by atoms with Crippen molar-refractivity contribution in [3.8, 4) is 17.2 Å². The van der Waals surface area contributed by atoms with Crippen LogP contribution in [0, 0.1) is 13.8 Å². The third-order valence-corrected chi connectivity index (χ3v) is 4.30. The quantitative estimate of drug-likeness (QED) is 0.401. The molecule has 6 heteroatoms. The van der Waals surface area contributed by atoms with Gasteiger partial charge >= 0.3 is 11.6 Å². The summed E-state index contributed by atoms with van der Waals surface area (Å²) in [6, 6.07) is 12.0. The predicted octanol–water partition coefficient (Wildman–Crippen LogP) is 3.16. The van der Waals surface area contributed by atoms with Gasteiger partial charge in [-0.05, 0) is 43.7 Å². The maximum absolute atomic E-state index is 12.5. The van der Waals surface area contributed by atoms with Crippen molar-refractivity contribution in [1.82, 2.24) is 0 Å². The van der Waals surface area contributed by atoms with Crippen LogP contribution in [0.15, 0.2) is 51.7 Å². The normalized spacial score (nSPS) is 15.7. The highest BCUT2D eigenvalue weighted by Gasteiger charge is 2.29. The average Bonchev–Trinajstić information content (AvgIpc) is 2.64. The minimum Gasteiger partial charge on any atom is -0.485 e. The molecule has 0 amide bonds. The third-order valence-electron chi connectivity index (χ3n) is 4.30. The Morgan fingerprint density at radius 3 is 2.69 bits per heavy atom. The number of para-hydroxylation sites is 2. The van der Waals surface area contributed by atoms with Crippen LogP contribution in [0.1, 0.15) is 11.1 Å². The van der Waals surface area contributed by atoms with Gasteiger partial charge in [-0.2, -0.15) is 0 Å². The Morgan fingerprint density at radius 1 is 1.12 bits per heavy atom. The van der Waals surface area contributed by atoms with Crippen LogP contribution in [0.25, 0.3) is 11.0 Å². The molecule has 4 rings (SSSR count). The van der Waals surface area contributed by atoms with Gasteiger partial charge in [-0.25, -0.2) is 9.59 Å². The largest absolute Gasteiger partial charge is 0.485 e. The number of rotatable bonds is 2. The number of carbonyl (C=O) groups excluding carboxylic acids is 1. The molecule has 1 aromatic heterocycles. The van der Waals surface area contributed by atoms with E-state index >= 15 is 0 Å². The lowest BCUT2D eigenvalue weighted by molar-refractivity contribution is -0.144. The predicted molar refractivity (Wildman–Crippen MR) is 93.9 cm³/mol. The van der Waals surface area contributed by atoms with Gasteiger partial charge in [-0.3, -0.25) is 0 Å². The second-order valence-corrected chi connectivity index (χ2v) is 6.10. The molecule has 0 bridgehead atoms. The highest BCUT2D eigenvalue weighted by Crippen LogP contribution is 2.32. The van der Waals surface area contributed by atoms with E-state index in [0.29, 0.717) is 28.4 Å². The molecule has 0 saturated carbocycles. The standard InChI is InChI=1S/C20H16O6/c1-11-9-18(21)26-19-12(2)14(8-7-13(11)19)25-20(22)17-10-23-15-5-3-4-6-16(15)24-17/h3-9,17H,10H2,1-2H3/t17-/m0/s1. The Kier molecular flexibility index (Phi) is 3.88. The van der Waals surface area contributed by atoms with E-state index in [1.54, 1.807) is 37.3 Å². The van der Waals surface area contributed by atoms with E-state index in [0.717, 1.165) is 10.9 Å². The number of hydrogen-bond acceptors (Lipinski definition) is 6. The zero-order valence-electron chi connectivity index (χ0n) is 14.3. The fraction of sp³-hybridized carbons (Fsp3) is 0.200. The van der Waals surface area contributed by atoms with Crippen molar-refractivity contribution in [1.29, 1.82) is 0 Å². The van der Waals surface area contributed by atoms with Gasteiger partial charge in [-0.15, -0.1) is 0 Å². The summed E-state index contributed by atoms with van der Waals surface area (Å²) in [7, 11) is 0. The highest BCUT2D eigenvalue weighted by molar-refractivity contribution is 5.86. The molecule has 6 nitrogen and oxygen atoms in total. The molecule has 2 heterocycles. The molecule has 1 aliphatic rings. The Bertz CT molecular complexity index is 1070. The summed E-state index contributed by atoms with van der Waals surface area (Å²) in [5.41, 5.74) is 1.35. The smallest absolute Gasteiger partial charge is 0.356 e. The Morgan fingerprint density at radius 2 is 1.88 bits per heavy atom. The summed E-state index contributed by atoms with van der Waals surface area (Å²) < 4.78 is 22.0. The van der Waals surface area contributed by atoms with Crippen molar-refractivity contribution in [3.63, 3.8) is 0 Å². The van der Waals surface area contributed by atoms with E-state index in [2.05, 4.69) is 0 Å². The van der Waals surface area contributed by atoms with E-state index in [1.807, 2.05) is 13.0 Å². The van der Waals surface area contributed by atoms with Crippen molar-refractivity contribution in [3.05, 3.63) is 64.0 Å². The second-order valence-electron chi connectivity index (χ2n) is 6.10. The van der Waals surface area contributed by atoms with Gasteiger partial charge < -0.3 is 18.6 Å². The number of benzene rings is 2. The molecule has 3 aromatic rings. The lowest BCUT2D eigenvalue weighted by atomic mass is 10.1. The first-order valence-corrected chi connectivity index (χ1v) is 8.17. The zero-order chi connectivity index (χ0) is 18.3. The van der Waals surface area contributed by atoms with Crippen LogP contribution in [-0.2, 0) is 4.79 Å². The molecule has 0 unspecified atom stereocenters. The van der Waals surface area contributed by atoms with Crippen molar-refractivity contribution < 1.29 is 23.4 Å². The highest BCUT2D eigenvalue weighted by atomic mass is 16.6. The van der Waals surface area contributed by atoms with Gasteiger partial charge in [0.15, 0.2) is 11.5 Å². The van der Waals surface area contributed by atoms with Crippen molar-refractivity contribution in [2.45, 2.75) is 20.0 Å². The molecule has 0 aliphatic carbocycles. The molecule has 132 valence electrons. The van der Waals surface area contributed by atoms with Gasteiger partial charge in [0.25, 0.3) is 0 Å². The Balaban J connectivity index is 1.61. The van der Waals surface area contributed by atoms with E-state index < -0.39 is 17.7 Å². The van der Waals surface area contributed by atoms with Crippen molar-refractivity contribution >= 4 is 16.9 Å². The van der Waals surface area contributed by atoms with Gasteiger partial charge in [0.1, 0.15) is 17.9 Å². The fourth-order valence-corrected chi connectivity index (χ4v) is 2.92. The number of aryl methyl sites for hydroxylation is 2. The molecule has 0 fully saturated rings. The molecule has 1 atom stereocenters. The molecule has 0 radical (unpaired) electrons. The van der Waals surface area contributed by atoms with Crippen molar-refractivity contribution in [2.75, 3.05) is 6.61 Å². The lowest BCUT2D eigenvalue weighted by Crippen LogP contribution is -2.39. The topological polar surface area (TPSA) is 75.0 Å². The third kappa shape index (κ3) is 2.79. The fourth-order valence-electron chi connectivity index (χ4n) is 2.92. The monoisotopic (exact) mass is 352 g/mol. The van der Waals surface area contributed by atoms with Gasteiger partial charge in [0.05, 0.1) is 0 Å². The van der Waals surface area contributed by atoms with Crippen LogP contribution in [-0.4, -0.2) is 18.7 Å². The van der Waals surface area contributed by atoms with Crippen LogP contribution in [0.5, 0.6) is 17.2 Å². The van der Waals surface area contributed by atoms with Gasteiger partial charge in [0, 0.05) is 17.0 Å². The minimum atomic E-state index is -0.871. The average molecular weight is 352 g/mol. The second kappa shape index (κ2) is 6.22. The van der Waals surface area contributed by atoms with Crippen LogP contribution in [0.3, 0.4) is 0 Å². The molecule has 0 N–H and O–H groups in total. The first-order valence-electron chi connectivity index (χ1n) is 8.17. The molecule has 2 aromatic carbocycles. The Labute approximate surface area is 148 Å². The van der Waals surface area contributed by atoms with Crippen LogP contribution >= 0.6 is 0 Å². The van der Waals surface area contributed by atoms with Gasteiger partial charge in [0.2, 0.25) is 6.10 Å². The van der Waals surface area contributed by atoms with E-state index in [9.17, 15) is 9.59 Å². The molecular formula is C20H16O6. The first kappa shape index (κ1) is 16.2. The first-order chi connectivity index (χ1) is 12.5. The number of ether oxygens (including phenoxy) is 3. The summed E-state index contributed by atoms with van der Waals surface area (Å²) in [4.78, 5) is 24.1. The summed E-state index contributed by atoms with van der Waals surface area (Å²) in [5.74, 6) is 0.837. The summed E-state index contributed by atoms with van der Waals surface area (Å²) >= 11 is 0. The number of esters is 1. The number of hydrogen-bond donors (Lipinski definition) is 0. The Hall–Kier alpha value is -3.28. The number of fused-ring (bicyclic) bond motifs is 2. The summed E-state index contributed by atoms with van der Waals surface area (Å²) in [5, 5.41) is 0.799. The van der Waals surface area contributed by atoms with Crippen molar-refractivity contribution in [2.24, 2.45) is 0 Å². The maximum atomic E-state index is 12.5. The van der Waals surface area contributed by atoms with E-state index in [1.165, 1.54) is 6.07 Å². The lowest BCUT2D eigenvalue weighted by Gasteiger charge is -2.25. The summed E-state index contributed by atoms with van der Waals surface area (Å²) in [6.45, 7) is 3.63. The zero-order valence-corrected chi connectivity index (χ0v) is 14.3. The van der Waals surface area contributed by atoms with E-state index in [-0.39, 0.29) is 6.61 Å². The minimum absolute atomic E-state index is 0.0661. The molecule has 0 saturated heterocycles. The van der Waals surface area contributed by atoms with Crippen LogP contribution in [0.4, 0.5) is 0 Å². The van der Waals surface area contributed by atoms with Gasteiger partial charge in [-0.1, -0.05) is 12.1 Å². The van der Waals surface area contributed by atoms with E-state index in [4.69, 9.17) is 18.6 Å². The van der Waals surface area contributed by atoms with Crippen LogP contribution < -0.4 is 19.8 Å². The molecular weight excluding hydrogens is 336 g/mol. The number of carbonyl (C=O) groups is 1. The molecule has 1 aliphatic heterocycles. The molecule has 0 spiro atoms.